The summed E-state index contributed by atoms with van der Waals surface area (Å²) >= 11 is 0. The number of rotatable bonds is 8. The molecule has 0 amide bonds. The third-order valence-corrected chi connectivity index (χ3v) is 3.01. The third kappa shape index (κ3) is 8.13. The van der Waals surface area contributed by atoms with Crippen molar-refractivity contribution in [1.82, 2.24) is 10.2 Å². The highest BCUT2D eigenvalue weighted by Gasteiger charge is 2.21. The first-order valence-electron chi connectivity index (χ1n) is 6.77. The average Bonchev–Trinajstić information content (AvgIpc) is 3.14. The Hall–Kier alpha value is -0.0400. The van der Waals surface area contributed by atoms with E-state index in [1.165, 1.54) is 25.7 Å². The minimum Gasteiger partial charge on any atom is -0.379 e. The van der Waals surface area contributed by atoms with Gasteiger partial charge >= 0.3 is 0 Å². The lowest BCUT2D eigenvalue weighted by molar-refractivity contribution is 0.115. The van der Waals surface area contributed by atoms with Crippen molar-refractivity contribution in [2.75, 3.05) is 40.4 Å². The molecule has 0 spiro atoms. The van der Waals surface area contributed by atoms with Gasteiger partial charge in [-0.05, 0) is 25.2 Å². The Labute approximate surface area is 129 Å². The molecular weight excluding hydrogens is 341 g/mol. The first kappa shape index (κ1) is 18.0. The number of guanidine groups is 1. The van der Waals surface area contributed by atoms with Gasteiger partial charge < -0.3 is 15.0 Å². The van der Waals surface area contributed by atoms with Crippen LogP contribution in [0.4, 0.5) is 0 Å². The van der Waals surface area contributed by atoms with E-state index in [1.807, 2.05) is 7.05 Å². The smallest absolute Gasteiger partial charge is 0.193 e. The van der Waals surface area contributed by atoms with Crippen LogP contribution in [0.5, 0.6) is 0 Å². The Morgan fingerprint density at radius 2 is 2.17 bits per heavy atom. The van der Waals surface area contributed by atoms with Gasteiger partial charge in [0.1, 0.15) is 0 Å². The van der Waals surface area contributed by atoms with E-state index in [0.717, 1.165) is 38.2 Å². The minimum absolute atomic E-state index is 0. The number of ether oxygens (including phenoxy) is 1. The Kier molecular flexibility index (Phi) is 10.8. The highest BCUT2D eigenvalue weighted by molar-refractivity contribution is 14.0. The summed E-state index contributed by atoms with van der Waals surface area (Å²) in [6.07, 6.45) is 5.11. The van der Waals surface area contributed by atoms with Crippen LogP contribution in [0.15, 0.2) is 4.99 Å². The molecule has 0 heterocycles. The van der Waals surface area contributed by atoms with Crippen LogP contribution < -0.4 is 5.32 Å². The molecule has 0 saturated heterocycles. The van der Waals surface area contributed by atoms with Crippen LogP contribution in [-0.2, 0) is 4.74 Å². The molecule has 108 valence electrons. The third-order valence-electron chi connectivity index (χ3n) is 3.01. The van der Waals surface area contributed by atoms with Crippen molar-refractivity contribution in [2.45, 2.75) is 32.6 Å². The summed E-state index contributed by atoms with van der Waals surface area (Å²) in [5.41, 5.74) is 0. The molecular formula is C13H28IN3O. The predicted molar refractivity (Wildman–Crippen MR) is 87.9 cm³/mol. The fourth-order valence-corrected chi connectivity index (χ4v) is 1.60. The molecule has 1 aliphatic carbocycles. The van der Waals surface area contributed by atoms with Gasteiger partial charge in [-0.2, -0.15) is 0 Å². The van der Waals surface area contributed by atoms with Gasteiger partial charge in [0, 0.05) is 33.8 Å². The Bertz CT molecular complexity index is 232. The second kappa shape index (κ2) is 10.8. The fraction of sp³-hybridized carbons (Fsp3) is 0.923. The van der Waals surface area contributed by atoms with Crippen LogP contribution >= 0.6 is 24.0 Å². The summed E-state index contributed by atoms with van der Waals surface area (Å²) in [5.74, 6) is 1.82. The number of aliphatic imine (C=N–C) groups is 1. The van der Waals surface area contributed by atoms with E-state index in [1.54, 1.807) is 0 Å². The zero-order chi connectivity index (χ0) is 12.5. The summed E-state index contributed by atoms with van der Waals surface area (Å²) < 4.78 is 5.62. The Balaban J connectivity index is 0.00000289. The number of hydrogen-bond donors (Lipinski definition) is 1. The fourth-order valence-electron chi connectivity index (χ4n) is 1.60. The van der Waals surface area contributed by atoms with E-state index in [4.69, 9.17) is 4.74 Å². The molecule has 0 atom stereocenters. The first-order chi connectivity index (χ1) is 8.27. The number of nitrogens with one attached hydrogen (secondary N) is 1. The van der Waals surface area contributed by atoms with Gasteiger partial charge in [0.05, 0.1) is 6.61 Å². The van der Waals surface area contributed by atoms with Crippen molar-refractivity contribution in [3.63, 3.8) is 0 Å². The summed E-state index contributed by atoms with van der Waals surface area (Å²) in [6, 6.07) is 0. The van der Waals surface area contributed by atoms with Crippen LogP contribution in [0.1, 0.15) is 32.6 Å². The van der Waals surface area contributed by atoms with Gasteiger partial charge in [-0.25, -0.2) is 0 Å². The summed E-state index contributed by atoms with van der Waals surface area (Å²) in [4.78, 5) is 6.39. The highest BCUT2D eigenvalue weighted by atomic mass is 127. The van der Waals surface area contributed by atoms with E-state index >= 15 is 0 Å². The van der Waals surface area contributed by atoms with E-state index < -0.39 is 0 Å². The molecule has 1 aliphatic rings. The van der Waals surface area contributed by atoms with E-state index in [2.05, 4.69) is 29.2 Å². The summed E-state index contributed by atoms with van der Waals surface area (Å²) in [7, 11) is 3.89. The topological polar surface area (TPSA) is 36.9 Å². The largest absolute Gasteiger partial charge is 0.379 e. The predicted octanol–water partition coefficient (Wildman–Crippen LogP) is 2.34. The molecule has 0 aromatic rings. The van der Waals surface area contributed by atoms with Crippen molar-refractivity contribution in [3.05, 3.63) is 0 Å². The quantitative estimate of drug-likeness (QED) is 0.309. The van der Waals surface area contributed by atoms with Gasteiger partial charge in [0.15, 0.2) is 5.96 Å². The zero-order valence-corrected chi connectivity index (χ0v) is 14.3. The molecule has 0 unspecified atom stereocenters. The van der Waals surface area contributed by atoms with E-state index in [-0.39, 0.29) is 24.0 Å². The zero-order valence-electron chi connectivity index (χ0n) is 11.9. The number of likely N-dealkylation sites (N-methyl/N-ethyl adjacent to an activating group) is 1. The van der Waals surface area contributed by atoms with Crippen LogP contribution in [0.25, 0.3) is 0 Å². The van der Waals surface area contributed by atoms with Crippen molar-refractivity contribution >= 4 is 29.9 Å². The molecule has 0 aromatic carbocycles. The standard InChI is InChI=1S/C13H27N3O.HI/c1-4-5-8-15-13(14-2)16(3)9-10-17-11-12-6-7-12;/h12H,4-11H2,1-3H3,(H,14,15);1H. The highest BCUT2D eigenvalue weighted by Crippen LogP contribution is 2.28. The van der Waals surface area contributed by atoms with E-state index in [0.29, 0.717) is 0 Å². The second-order valence-corrected chi connectivity index (χ2v) is 4.77. The Morgan fingerprint density at radius 3 is 2.72 bits per heavy atom. The first-order valence-corrected chi connectivity index (χ1v) is 6.77. The number of unbranched alkanes of at least 4 members (excludes halogenated alkanes) is 1. The van der Waals surface area contributed by atoms with E-state index in [9.17, 15) is 0 Å². The second-order valence-electron chi connectivity index (χ2n) is 4.77. The van der Waals surface area contributed by atoms with Gasteiger partial charge in [0.2, 0.25) is 0 Å². The Morgan fingerprint density at radius 1 is 1.44 bits per heavy atom. The molecule has 0 aromatic heterocycles. The minimum atomic E-state index is 0. The van der Waals surface area contributed by atoms with Gasteiger partial charge in [-0.1, -0.05) is 13.3 Å². The number of nitrogens with zero attached hydrogens (tertiary/aromatic N) is 2. The lowest BCUT2D eigenvalue weighted by atomic mass is 10.3. The van der Waals surface area contributed by atoms with Crippen LogP contribution in [0.2, 0.25) is 0 Å². The number of hydrogen-bond acceptors (Lipinski definition) is 2. The molecule has 0 radical (unpaired) electrons. The van der Waals surface area contributed by atoms with Gasteiger partial charge in [0.25, 0.3) is 0 Å². The maximum Gasteiger partial charge on any atom is 0.193 e. The SMILES string of the molecule is CCCCNC(=NC)N(C)CCOCC1CC1.I. The normalized spacial score (nSPS) is 15.2. The maximum absolute atomic E-state index is 5.62. The van der Waals surface area contributed by atoms with Crippen LogP contribution in [-0.4, -0.2) is 51.3 Å². The van der Waals surface area contributed by atoms with Crippen molar-refractivity contribution < 1.29 is 4.74 Å². The van der Waals surface area contributed by atoms with Crippen LogP contribution in [0.3, 0.4) is 0 Å². The maximum atomic E-state index is 5.62. The molecule has 5 heteroatoms. The van der Waals surface area contributed by atoms with Gasteiger partial charge in [-0.3, -0.25) is 4.99 Å². The summed E-state index contributed by atoms with van der Waals surface area (Å²) in [5, 5.41) is 3.35. The average molecular weight is 369 g/mol. The van der Waals surface area contributed by atoms with Crippen molar-refractivity contribution in [2.24, 2.45) is 10.9 Å². The lowest BCUT2D eigenvalue weighted by Gasteiger charge is -2.21. The molecule has 0 bridgehead atoms. The van der Waals surface area contributed by atoms with Gasteiger partial charge in [-0.15, -0.1) is 24.0 Å². The molecule has 1 saturated carbocycles. The molecule has 1 rings (SSSR count). The van der Waals surface area contributed by atoms with Crippen LogP contribution in [0, 0.1) is 5.92 Å². The molecule has 0 aliphatic heterocycles. The molecule has 1 N–H and O–H groups in total. The lowest BCUT2D eigenvalue weighted by Crippen LogP contribution is -2.40. The number of halogens is 1. The monoisotopic (exact) mass is 369 g/mol. The summed E-state index contributed by atoms with van der Waals surface area (Å²) in [6.45, 7) is 5.83. The molecule has 1 fully saturated rings. The molecule has 4 nitrogen and oxygen atoms in total. The molecule has 18 heavy (non-hydrogen) atoms. The van der Waals surface area contributed by atoms with Crippen molar-refractivity contribution in [1.29, 1.82) is 0 Å². The van der Waals surface area contributed by atoms with Crippen molar-refractivity contribution in [3.8, 4) is 0 Å².